The summed E-state index contributed by atoms with van der Waals surface area (Å²) in [5.74, 6) is 0.492. The van der Waals surface area contributed by atoms with Gasteiger partial charge in [-0.3, -0.25) is 9.78 Å². The van der Waals surface area contributed by atoms with Gasteiger partial charge in [0.05, 0.1) is 22.4 Å². The van der Waals surface area contributed by atoms with Crippen molar-refractivity contribution >= 4 is 58.0 Å². The molecule has 0 spiro atoms. The van der Waals surface area contributed by atoms with Crippen LogP contribution >= 0.6 is 35.6 Å². The molecule has 194 valence electrons. The number of halogens is 1. The smallest absolute Gasteiger partial charge is 0.226 e. The van der Waals surface area contributed by atoms with Crippen LogP contribution in [0.3, 0.4) is 0 Å². The maximum atomic E-state index is 12.2. The molecule has 6 nitrogen and oxygen atoms in total. The van der Waals surface area contributed by atoms with Crippen LogP contribution in [-0.4, -0.2) is 16.0 Å². The highest BCUT2D eigenvalue weighted by atomic mass is 35.5. The molecule has 5 rings (SSSR count). The standard InChI is InChI=1S/C29H27ClN4O2S2/c1-17(2)28(35)32-22-12-9-19(16-21(22)30)34-27(26(33-29(34)37)23-6-4-5-15-31-23)24-13-14-25(36-24)38-20-10-7-18(3)8-11-20/h4-17,26-27H,1-3H3,(H,32,35)(H,33,37)/t26-,27+/m0/s1. The Morgan fingerprint density at radius 3 is 2.61 bits per heavy atom. The van der Waals surface area contributed by atoms with Crippen molar-refractivity contribution in [2.45, 2.75) is 42.8 Å². The predicted octanol–water partition coefficient (Wildman–Crippen LogP) is 7.56. The fraction of sp³-hybridized carbons (Fsp3) is 0.207. The molecule has 1 aliphatic rings. The monoisotopic (exact) mass is 562 g/mol. The van der Waals surface area contributed by atoms with Gasteiger partial charge in [-0.25, -0.2) is 0 Å². The van der Waals surface area contributed by atoms with Crippen molar-refractivity contribution in [2.24, 2.45) is 5.92 Å². The number of pyridine rings is 1. The van der Waals surface area contributed by atoms with Crippen LogP contribution in [0.25, 0.3) is 0 Å². The van der Waals surface area contributed by atoms with Gasteiger partial charge in [-0.1, -0.05) is 61.0 Å². The second kappa shape index (κ2) is 11.2. The molecular formula is C29H27ClN4O2S2. The van der Waals surface area contributed by atoms with Gasteiger partial charge in [-0.2, -0.15) is 0 Å². The summed E-state index contributed by atoms with van der Waals surface area (Å²) in [7, 11) is 0. The van der Waals surface area contributed by atoms with Gasteiger partial charge in [-0.05, 0) is 73.7 Å². The normalized spacial score (nSPS) is 17.1. The quantitative estimate of drug-likeness (QED) is 0.225. The number of rotatable bonds is 7. The third-order valence-corrected chi connectivity index (χ3v) is 7.80. The minimum absolute atomic E-state index is 0.0969. The molecule has 0 bridgehead atoms. The zero-order valence-electron chi connectivity index (χ0n) is 21.1. The molecule has 1 saturated heterocycles. The van der Waals surface area contributed by atoms with Crippen LogP contribution in [0.4, 0.5) is 11.4 Å². The number of amides is 1. The molecular weight excluding hydrogens is 536 g/mol. The molecule has 0 aliphatic carbocycles. The molecule has 0 unspecified atom stereocenters. The van der Waals surface area contributed by atoms with Crippen molar-refractivity contribution in [1.29, 1.82) is 0 Å². The van der Waals surface area contributed by atoms with Crippen LogP contribution in [0.5, 0.6) is 0 Å². The van der Waals surface area contributed by atoms with Crippen molar-refractivity contribution in [3.05, 3.63) is 101 Å². The molecule has 2 atom stereocenters. The average molecular weight is 563 g/mol. The van der Waals surface area contributed by atoms with E-state index in [1.54, 1.807) is 24.0 Å². The van der Waals surface area contributed by atoms with E-state index in [9.17, 15) is 4.79 Å². The Bertz CT molecular complexity index is 1460. The minimum atomic E-state index is -0.308. The summed E-state index contributed by atoms with van der Waals surface area (Å²) in [5, 5.41) is 8.05. The van der Waals surface area contributed by atoms with Crippen molar-refractivity contribution in [3.63, 3.8) is 0 Å². The number of carbonyl (C=O) groups excluding carboxylic acids is 1. The predicted molar refractivity (Wildman–Crippen MR) is 157 cm³/mol. The van der Waals surface area contributed by atoms with Gasteiger partial charge in [0.25, 0.3) is 0 Å². The first-order valence-corrected chi connectivity index (χ1v) is 13.9. The highest BCUT2D eigenvalue weighted by Crippen LogP contribution is 2.44. The van der Waals surface area contributed by atoms with Gasteiger partial charge in [0, 0.05) is 22.7 Å². The summed E-state index contributed by atoms with van der Waals surface area (Å²) in [5.41, 5.74) is 3.39. The SMILES string of the molecule is Cc1ccc(Sc2ccc([C@@H]3[C@H](c4ccccn4)NC(=S)N3c3ccc(NC(=O)C(C)C)c(Cl)c3)o2)cc1. The Kier molecular flexibility index (Phi) is 7.74. The highest BCUT2D eigenvalue weighted by Gasteiger charge is 2.42. The third kappa shape index (κ3) is 5.57. The molecule has 1 fully saturated rings. The van der Waals surface area contributed by atoms with Crippen molar-refractivity contribution in [1.82, 2.24) is 10.3 Å². The Morgan fingerprint density at radius 1 is 1.13 bits per heavy atom. The molecule has 3 heterocycles. The maximum absolute atomic E-state index is 12.2. The van der Waals surface area contributed by atoms with Crippen LogP contribution < -0.4 is 15.5 Å². The van der Waals surface area contributed by atoms with E-state index in [0.29, 0.717) is 15.8 Å². The average Bonchev–Trinajstić information content (AvgIpc) is 3.51. The lowest BCUT2D eigenvalue weighted by Crippen LogP contribution is -2.29. The second-order valence-corrected chi connectivity index (χ2v) is 11.2. The van der Waals surface area contributed by atoms with Crippen LogP contribution in [-0.2, 0) is 4.79 Å². The van der Waals surface area contributed by atoms with E-state index in [1.165, 1.54) is 5.56 Å². The van der Waals surface area contributed by atoms with E-state index in [0.717, 1.165) is 27.1 Å². The number of hydrogen-bond acceptors (Lipinski definition) is 5. The number of thiocarbonyl (C=S) groups is 1. The van der Waals surface area contributed by atoms with Gasteiger partial charge in [0.15, 0.2) is 10.2 Å². The summed E-state index contributed by atoms with van der Waals surface area (Å²) in [6.45, 7) is 5.74. The number of aryl methyl sites for hydroxylation is 1. The van der Waals surface area contributed by atoms with Crippen molar-refractivity contribution < 1.29 is 9.21 Å². The van der Waals surface area contributed by atoms with Crippen molar-refractivity contribution in [3.8, 4) is 0 Å². The highest BCUT2D eigenvalue weighted by molar-refractivity contribution is 7.99. The van der Waals surface area contributed by atoms with Gasteiger partial charge in [0.1, 0.15) is 11.8 Å². The molecule has 2 aromatic carbocycles. The van der Waals surface area contributed by atoms with Crippen LogP contribution in [0.15, 0.2) is 93.4 Å². The Hall–Kier alpha value is -3.33. The van der Waals surface area contributed by atoms with E-state index in [-0.39, 0.29) is 23.9 Å². The molecule has 2 aromatic heterocycles. The first-order chi connectivity index (χ1) is 18.3. The molecule has 0 radical (unpaired) electrons. The van der Waals surface area contributed by atoms with Gasteiger partial charge >= 0.3 is 0 Å². The van der Waals surface area contributed by atoms with Crippen LogP contribution in [0, 0.1) is 12.8 Å². The molecule has 1 aliphatic heterocycles. The van der Waals surface area contributed by atoms with Gasteiger partial charge < -0.3 is 20.0 Å². The topological polar surface area (TPSA) is 70.4 Å². The summed E-state index contributed by atoms with van der Waals surface area (Å²) in [6.07, 6.45) is 1.77. The zero-order chi connectivity index (χ0) is 26.8. The number of nitrogens with zero attached hydrogens (tertiary/aromatic N) is 2. The number of nitrogens with one attached hydrogen (secondary N) is 2. The first-order valence-electron chi connectivity index (χ1n) is 12.3. The molecule has 4 aromatic rings. The summed E-state index contributed by atoms with van der Waals surface area (Å²) < 4.78 is 6.39. The fourth-order valence-electron chi connectivity index (χ4n) is 4.22. The minimum Gasteiger partial charge on any atom is -0.452 e. The first kappa shape index (κ1) is 26.3. The summed E-state index contributed by atoms with van der Waals surface area (Å²) in [4.78, 5) is 19.9. The molecule has 0 saturated carbocycles. The fourth-order valence-corrected chi connectivity index (χ4v) is 5.57. The number of hydrogen-bond donors (Lipinski definition) is 2. The Labute approximate surface area is 236 Å². The number of anilines is 2. The largest absolute Gasteiger partial charge is 0.452 e. The second-order valence-electron chi connectivity index (χ2n) is 9.38. The lowest BCUT2D eigenvalue weighted by atomic mass is 10.0. The Balaban J connectivity index is 1.49. The maximum Gasteiger partial charge on any atom is 0.226 e. The van der Waals surface area contributed by atoms with Crippen LogP contribution in [0.2, 0.25) is 5.02 Å². The number of furan rings is 1. The molecule has 9 heteroatoms. The van der Waals surface area contributed by atoms with E-state index in [2.05, 4.69) is 46.8 Å². The lowest BCUT2D eigenvalue weighted by Gasteiger charge is -2.26. The number of carbonyl (C=O) groups is 1. The Morgan fingerprint density at radius 2 is 1.92 bits per heavy atom. The van der Waals surface area contributed by atoms with Gasteiger partial charge in [-0.15, -0.1) is 0 Å². The summed E-state index contributed by atoms with van der Waals surface area (Å²) >= 11 is 14.0. The molecule has 38 heavy (non-hydrogen) atoms. The van der Waals surface area contributed by atoms with E-state index in [4.69, 9.17) is 28.2 Å². The van der Waals surface area contributed by atoms with Crippen molar-refractivity contribution in [2.75, 3.05) is 10.2 Å². The van der Waals surface area contributed by atoms with E-state index < -0.39 is 0 Å². The number of benzene rings is 2. The van der Waals surface area contributed by atoms with Gasteiger partial charge in [0.2, 0.25) is 5.91 Å². The third-order valence-electron chi connectivity index (χ3n) is 6.24. The van der Waals surface area contributed by atoms with E-state index in [1.807, 2.05) is 61.2 Å². The summed E-state index contributed by atoms with van der Waals surface area (Å²) in [6, 6.07) is 23.1. The lowest BCUT2D eigenvalue weighted by molar-refractivity contribution is -0.118. The molecule has 1 amide bonds. The zero-order valence-corrected chi connectivity index (χ0v) is 23.5. The molecule has 2 N–H and O–H groups in total. The number of aromatic nitrogens is 1. The van der Waals surface area contributed by atoms with Crippen LogP contribution in [0.1, 0.15) is 42.9 Å². The van der Waals surface area contributed by atoms with E-state index >= 15 is 0 Å².